The van der Waals surface area contributed by atoms with Gasteiger partial charge in [0.15, 0.2) is 0 Å². The van der Waals surface area contributed by atoms with Gasteiger partial charge in [0.2, 0.25) is 0 Å². The topological polar surface area (TPSA) is 32.3 Å². The Kier molecular flexibility index (Phi) is 4.56. The lowest BCUT2D eigenvalue weighted by molar-refractivity contribution is -0.121. The van der Waals surface area contributed by atoms with E-state index in [1.807, 2.05) is 66.7 Å². The van der Waals surface area contributed by atoms with Gasteiger partial charge in [0.1, 0.15) is 4.32 Å². The van der Waals surface area contributed by atoms with Crippen molar-refractivity contribution in [3.05, 3.63) is 71.1 Å². The third-order valence-electron chi connectivity index (χ3n) is 3.19. The molecule has 1 saturated heterocycles. The van der Waals surface area contributed by atoms with Crippen LogP contribution >= 0.6 is 24.0 Å². The van der Waals surface area contributed by atoms with Crippen LogP contribution in [0.4, 0.5) is 5.69 Å². The summed E-state index contributed by atoms with van der Waals surface area (Å²) in [5.41, 5.74) is 1.96. The predicted octanol–water partition coefficient (Wildman–Crippen LogP) is 3.96. The maximum Gasteiger partial charge on any atom is 0.267 e. The number of thioether (sulfide) groups is 1. The van der Waals surface area contributed by atoms with Gasteiger partial charge in [-0.05, 0) is 23.8 Å². The van der Waals surface area contributed by atoms with Crippen molar-refractivity contribution in [2.24, 2.45) is 0 Å². The third-order valence-corrected chi connectivity index (χ3v) is 4.56. The van der Waals surface area contributed by atoms with Crippen LogP contribution in [0.25, 0.3) is 6.08 Å². The Bertz CT molecular complexity index is 714. The Morgan fingerprint density at radius 2 is 1.68 bits per heavy atom. The second-order valence-electron chi connectivity index (χ2n) is 4.72. The molecular formula is C17H14N2OS2. The van der Waals surface area contributed by atoms with Gasteiger partial charge >= 0.3 is 0 Å². The summed E-state index contributed by atoms with van der Waals surface area (Å²) in [6.45, 7) is 0.376. The molecule has 110 valence electrons. The molecule has 2 aromatic carbocycles. The van der Waals surface area contributed by atoms with E-state index in [-0.39, 0.29) is 5.91 Å². The number of hydrogen-bond donors (Lipinski definition) is 1. The number of nitrogens with one attached hydrogen (secondary N) is 1. The Hall–Kier alpha value is -2.11. The van der Waals surface area contributed by atoms with Gasteiger partial charge in [0, 0.05) is 5.69 Å². The van der Waals surface area contributed by atoms with E-state index >= 15 is 0 Å². The number of carbonyl (C=O) groups excluding carboxylic acids is 1. The van der Waals surface area contributed by atoms with Crippen molar-refractivity contribution in [2.45, 2.75) is 0 Å². The fourth-order valence-corrected chi connectivity index (χ4v) is 3.32. The van der Waals surface area contributed by atoms with E-state index in [1.54, 1.807) is 4.90 Å². The smallest absolute Gasteiger partial charge is 0.267 e. The van der Waals surface area contributed by atoms with Crippen LogP contribution in [-0.2, 0) is 4.79 Å². The largest absolute Gasteiger partial charge is 0.367 e. The molecular weight excluding hydrogens is 312 g/mol. The molecule has 3 rings (SSSR count). The fraction of sp³-hybridized carbons (Fsp3) is 0.0588. The highest BCUT2D eigenvalue weighted by atomic mass is 32.2. The zero-order chi connectivity index (χ0) is 15.4. The van der Waals surface area contributed by atoms with Gasteiger partial charge in [0.05, 0.1) is 11.6 Å². The van der Waals surface area contributed by atoms with Gasteiger partial charge in [0.25, 0.3) is 5.91 Å². The second kappa shape index (κ2) is 6.77. The molecule has 1 heterocycles. The van der Waals surface area contributed by atoms with Crippen LogP contribution in [0.2, 0.25) is 0 Å². The molecule has 1 aliphatic heterocycles. The molecule has 1 amide bonds. The molecule has 22 heavy (non-hydrogen) atoms. The lowest BCUT2D eigenvalue weighted by Crippen LogP contribution is -2.33. The zero-order valence-corrected chi connectivity index (χ0v) is 13.4. The van der Waals surface area contributed by atoms with Crippen molar-refractivity contribution < 1.29 is 4.79 Å². The summed E-state index contributed by atoms with van der Waals surface area (Å²) in [4.78, 5) is 14.7. The number of rotatable bonds is 4. The highest BCUT2D eigenvalue weighted by Gasteiger charge is 2.31. The molecule has 1 aliphatic rings. The van der Waals surface area contributed by atoms with Crippen LogP contribution < -0.4 is 5.32 Å². The van der Waals surface area contributed by atoms with E-state index in [0.717, 1.165) is 11.3 Å². The summed E-state index contributed by atoms with van der Waals surface area (Å²) >= 11 is 6.65. The van der Waals surface area contributed by atoms with E-state index in [4.69, 9.17) is 12.2 Å². The second-order valence-corrected chi connectivity index (χ2v) is 6.40. The highest BCUT2D eigenvalue weighted by molar-refractivity contribution is 8.26. The highest BCUT2D eigenvalue weighted by Crippen LogP contribution is 2.32. The molecule has 0 bridgehead atoms. The SMILES string of the molecule is O=C1/C(=C\c2ccccc2)SC(=S)N1CNc1ccccc1. The first kappa shape index (κ1) is 14.8. The Morgan fingerprint density at radius 1 is 1.05 bits per heavy atom. The predicted molar refractivity (Wildman–Crippen MR) is 96.4 cm³/mol. The third kappa shape index (κ3) is 3.37. The maximum atomic E-state index is 12.5. The first-order valence-electron chi connectivity index (χ1n) is 6.83. The summed E-state index contributed by atoms with van der Waals surface area (Å²) in [5.74, 6) is -0.0534. The lowest BCUT2D eigenvalue weighted by atomic mass is 10.2. The minimum Gasteiger partial charge on any atom is -0.367 e. The summed E-state index contributed by atoms with van der Waals surface area (Å²) in [6.07, 6.45) is 1.88. The van der Waals surface area contributed by atoms with Crippen molar-refractivity contribution >= 4 is 46.0 Å². The van der Waals surface area contributed by atoms with E-state index in [1.165, 1.54) is 11.8 Å². The molecule has 0 spiro atoms. The molecule has 1 fully saturated rings. The Morgan fingerprint density at radius 3 is 2.36 bits per heavy atom. The molecule has 3 nitrogen and oxygen atoms in total. The summed E-state index contributed by atoms with van der Waals surface area (Å²) in [5, 5.41) is 3.21. The molecule has 0 atom stereocenters. The minimum atomic E-state index is -0.0534. The molecule has 2 aromatic rings. The maximum absolute atomic E-state index is 12.5. The van der Waals surface area contributed by atoms with E-state index in [0.29, 0.717) is 15.9 Å². The lowest BCUT2D eigenvalue weighted by Gasteiger charge is -2.16. The van der Waals surface area contributed by atoms with Crippen molar-refractivity contribution in [1.29, 1.82) is 0 Å². The van der Waals surface area contributed by atoms with Gasteiger partial charge in [-0.1, -0.05) is 72.5 Å². The van der Waals surface area contributed by atoms with Crippen LogP contribution in [0.3, 0.4) is 0 Å². The number of hydrogen-bond acceptors (Lipinski definition) is 4. The van der Waals surface area contributed by atoms with Crippen molar-refractivity contribution in [1.82, 2.24) is 4.90 Å². The van der Waals surface area contributed by atoms with Crippen molar-refractivity contribution in [3.63, 3.8) is 0 Å². The summed E-state index contributed by atoms with van der Waals surface area (Å²) < 4.78 is 0.579. The first-order valence-corrected chi connectivity index (χ1v) is 8.06. The van der Waals surface area contributed by atoms with E-state index in [9.17, 15) is 4.79 Å². The standard InChI is InChI=1S/C17H14N2OS2/c20-16-15(11-13-7-3-1-4-8-13)22-17(21)19(16)12-18-14-9-5-2-6-10-14/h1-11,18H,12H2/b15-11+. The average molecular weight is 326 g/mol. The Balaban J connectivity index is 1.71. The van der Waals surface area contributed by atoms with Crippen LogP contribution in [0, 0.1) is 0 Å². The molecule has 0 radical (unpaired) electrons. The number of para-hydroxylation sites is 1. The quantitative estimate of drug-likeness (QED) is 0.681. The van der Waals surface area contributed by atoms with Crippen molar-refractivity contribution in [2.75, 3.05) is 12.0 Å². The van der Waals surface area contributed by atoms with Crippen LogP contribution in [0.1, 0.15) is 5.56 Å². The number of nitrogens with zero attached hydrogens (tertiary/aromatic N) is 1. The molecule has 0 unspecified atom stereocenters. The van der Waals surface area contributed by atoms with Gasteiger partial charge in [-0.25, -0.2) is 0 Å². The minimum absolute atomic E-state index is 0.0534. The molecule has 0 aliphatic carbocycles. The molecule has 0 saturated carbocycles. The monoisotopic (exact) mass is 326 g/mol. The van der Waals surface area contributed by atoms with Gasteiger partial charge < -0.3 is 5.32 Å². The fourth-order valence-electron chi connectivity index (χ4n) is 2.06. The zero-order valence-electron chi connectivity index (χ0n) is 11.7. The van der Waals surface area contributed by atoms with Crippen molar-refractivity contribution in [3.8, 4) is 0 Å². The number of carbonyl (C=O) groups is 1. The normalized spacial score (nSPS) is 16.4. The number of amides is 1. The van der Waals surface area contributed by atoms with Gasteiger partial charge in [-0.15, -0.1) is 0 Å². The molecule has 5 heteroatoms. The summed E-state index contributed by atoms with van der Waals surface area (Å²) in [6, 6.07) is 19.5. The number of anilines is 1. The van der Waals surface area contributed by atoms with E-state index in [2.05, 4.69) is 5.32 Å². The number of thiocarbonyl (C=S) groups is 1. The molecule has 0 aromatic heterocycles. The number of benzene rings is 2. The Labute approximate surface area is 139 Å². The van der Waals surface area contributed by atoms with Crippen LogP contribution in [0.5, 0.6) is 0 Å². The summed E-state index contributed by atoms with van der Waals surface area (Å²) in [7, 11) is 0. The van der Waals surface area contributed by atoms with Gasteiger partial charge in [-0.2, -0.15) is 0 Å². The van der Waals surface area contributed by atoms with Crippen LogP contribution in [0.15, 0.2) is 65.6 Å². The first-order chi connectivity index (χ1) is 10.7. The van der Waals surface area contributed by atoms with Crippen LogP contribution in [-0.4, -0.2) is 21.8 Å². The average Bonchev–Trinajstić information content (AvgIpc) is 2.81. The molecule has 1 N–H and O–H groups in total. The van der Waals surface area contributed by atoms with Gasteiger partial charge in [-0.3, -0.25) is 9.69 Å². The van der Waals surface area contributed by atoms with E-state index < -0.39 is 0 Å².